The van der Waals surface area contributed by atoms with Crippen molar-refractivity contribution in [1.29, 1.82) is 0 Å². The van der Waals surface area contributed by atoms with E-state index in [-0.39, 0.29) is 0 Å². The van der Waals surface area contributed by atoms with Crippen LogP contribution in [0.2, 0.25) is 0 Å². The Hall–Kier alpha value is 0.310. The maximum atomic E-state index is 4.23. The van der Waals surface area contributed by atoms with Crippen LogP contribution in [-0.4, -0.2) is 18.3 Å². The van der Waals surface area contributed by atoms with Gasteiger partial charge < -0.3 is 5.32 Å². The van der Waals surface area contributed by atoms with Crippen molar-refractivity contribution >= 4 is 12.6 Å². The van der Waals surface area contributed by atoms with Gasteiger partial charge in [-0.25, -0.2) is 0 Å². The van der Waals surface area contributed by atoms with Crippen molar-refractivity contribution in [3.63, 3.8) is 0 Å². The Morgan fingerprint density at radius 1 is 1.62 bits per heavy atom. The molecule has 0 saturated heterocycles. The minimum absolute atomic E-state index is 0.536. The van der Waals surface area contributed by atoms with Gasteiger partial charge >= 0.3 is 0 Å². The van der Waals surface area contributed by atoms with Gasteiger partial charge in [-0.05, 0) is 19.5 Å². The first kappa shape index (κ1) is 8.31. The van der Waals surface area contributed by atoms with Crippen molar-refractivity contribution in [3.05, 3.63) is 0 Å². The highest BCUT2D eigenvalue weighted by molar-refractivity contribution is 7.80. The van der Waals surface area contributed by atoms with Crippen LogP contribution in [0.3, 0.4) is 0 Å². The highest BCUT2D eigenvalue weighted by Gasteiger charge is 1.90. The Balaban J connectivity index is 2.72. The third-order valence-electron chi connectivity index (χ3n) is 0.989. The van der Waals surface area contributed by atoms with E-state index in [4.69, 9.17) is 0 Å². The van der Waals surface area contributed by atoms with Crippen molar-refractivity contribution in [2.45, 2.75) is 25.5 Å². The number of rotatable bonds is 4. The first-order chi connectivity index (χ1) is 3.77. The van der Waals surface area contributed by atoms with Crippen LogP contribution in [0.15, 0.2) is 0 Å². The summed E-state index contributed by atoms with van der Waals surface area (Å²) in [5.74, 6) is 0. The van der Waals surface area contributed by atoms with E-state index in [1.54, 1.807) is 0 Å². The van der Waals surface area contributed by atoms with Gasteiger partial charge in [0.1, 0.15) is 0 Å². The van der Waals surface area contributed by atoms with Gasteiger partial charge in [-0.2, -0.15) is 12.6 Å². The summed E-state index contributed by atoms with van der Waals surface area (Å²) >= 11 is 4.23. The molecule has 0 aromatic carbocycles. The van der Waals surface area contributed by atoms with Crippen LogP contribution < -0.4 is 5.32 Å². The summed E-state index contributed by atoms with van der Waals surface area (Å²) in [5.41, 5.74) is 0. The van der Waals surface area contributed by atoms with Crippen molar-refractivity contribution in [3.8, 4) is 0 Å². The lowest BCUT2D eigenvalue weighted by Gasteiger charge is -2.02. The number of hydrogen-bond acceptors (Lipinski definition) is 2. The topological polar surface area (TPSA) is 12.0 Å². The monoisotopic (exact) mass is 133 g/mol. The van der Waals surface area contributed by atoms with Gasteiger partial charge in [-0.15, -0.1) is 0 Å². The van der Waals surface area contributed by atoms with Gasteiger partial charge in [0, 0.05) is 5.25 Å². The molecule has 1 unspecified atom stereocenters. The summed E-state index contributed by atoms with van der Waals surface area (Å²) in [6.07, 6.45) is 1.16. The molecule has 50 valence electrons. The molecule has 0 amide bonds. The molecule has 8 heavy (non-hydrogen) atoms. The van der Waals surface area contributed by atoms with Gasteiger partial charge in [0.2, 0.25) is 0 Å². The molecule has 1 N–H and O–H groups in total. The molecule has 0 heterocycles. The molecule has 0 spiro atoms. The number of hydrogen-bond donors (Lipinski definition) is 2. The standard InChI is InChI=1S/C6H15NS/c1-3-7-5-4-6(2)8/h6-8H,3-5H2,1-2H3. The van der Waals surface area contributed by atoms with Gasteiger partial charge in [0.25, 0.3) is 0 Å². The summed E-state index contributed by atoms with van der Waals surface area (Å²) in [6, 6.07) is 0. The Bertz CT molecular complexity index is 45.8. The number of thiol groups is 1. The third kappa shape index (κ3) is 6.31. The Kier molecular flexibility index (Phi) is 5.66. The smallest absolute Gasteiger partial charge is 0.0000480 e. The zero-order chi connectivity index (χ0) is 6.41. The normalized spacial score (nSPS) is 13.9. The number of nitrogens with one attached hydrogen (secondary N) is 1. The summed E-state index contributed by atoms with van der Waals surface area (Å²) < 4.78 is 0. The van der Waals surface area contributed by atoms with Crippen molar-refractivity contribution in [2.75, 3.05) is 13.1 Å². The second-order valence-corrected chi connectivity index (χ2v) is 2.87. The first-order valence-corrected chi connectivity index (χ1v) is 3.67. The minimum atomic E-state index is 0.536. The van der Waals surface area contributed by atoms with E-state index in [2.05, 4.69) is 31.8 Å². The van der Waals surface area contributed by atoms with E-state index >= 15 is 0 Å². The average Bonchev–Trinajstić information content (AvgIpc) is 1.66. The second kappa shape index (κ2) is 5.45. The van der Waals surface area contributed by atoms with Crippen LogP contribution in [0.4, 0.5) is 0 Å². The molecule has 0 saturated carbocycles. The highest BCUT2D eigenvalue weighted by atomic mass is 32.1. The molecule has 0 aromatic heterocycles. The van der Waals surface area contributed by atoms with Crippen LogP contribution >= 0.6 is 12.6 Å². The molecule has 0 aliphatic carbocycles. The maximum Gasteiger partial charge on any atom is 0.0000480 e. The Labute approximate surface area is 57.3 Å². The largest absolute Gasteiger partial charge is 0.317 e. The molecule has 0 aromatic rings. The van der Waals surface area contributed by atoms with Crippen molar-refractivity contribution in [1.82, 2.24) is 5.32 Å². The molecule has 1 atom stereocenters. The molecule has 1 nitrogen and oxygen atoms in total. The molecule has 0 bridgehead atoms. The molecular weight excluding hydrogens is 118 g/mol. The van der Waals surface area contributed by atoms with Crippen molar-refractivity contribution in [2.24, 2.45) is 0 Å². The fourth-order valence-corrected chi connectivity index (χ4v) is 0.617. The van der Waals surface area contributed by atoms with Gasteiger partial charge in [0.05, 0.1) is 0 Å². The minimum Gasteiger partial charge on any atom is -0.317 e. The lowest BCUT2D eigenvalue weighted by Crippen LogP contribution is -2.16. The fraction of sp³-hybridized carbons (Fsp3) is 1.00. The maximum absolute atomic E-state index is 4.23. The molecule has 0 fully saturated rings. The zero-order valence-corrected chi connectivity index (χ0v) is 6.54. The average molecular weight is 133 g/mol. The highest BCUT2D eigenvalue weighted by Crippen LogP contribution is 1.95. The predicted molar refractivity (Wildman–Crippen MR) is 41.6 cm³/mol. The van der Waals surface area contributed by atoms with E-state index in [9.17, 15) is 0 Å². The van der Waals surface area contributed by atoms with E-state index in [1.807, 2.05) is 0 Å². The van der Waals surface area contributed by atoms with Crippen LogP contribution in [-0.2, 0) is 0 Å². The van der Waals surface area contributed by atoms with Crippen LogP contribution in [0.5, 0.6) is 0 Å². The van der Waals surface area contributed by atoms with Gasteiger partial charge in [-0.1, -0.05) is 13.8 Å². The van der Waals surface area contributed by atoms with Gasteiger partial charge in [-0.3, -0.25) is 0 Å². The summed E-state index contributed by atoms with van der Waals surface area (Å²) in [4.78, 5) is 0. The lowest BCUT2D eigenvalue weighted by atomic mass is 10.3. The van der Waals surface area contributed by atoms with Crippen LogP contribution in [0, 0.1) is 0 Å². The van der Waals surface area contributed by atoms with Crippen LogP contribution in [0.25, 0.3) is 0 Å². The first-order valence-electron chi connectivity index (χ1n) is 3.16. The molecular formula is C6H15NS. The zero-order valence-electron chi connectivity index (χ0n) is 5.65. The second-order valence-electron chi connectivity index (χ2n) is 1.99. The van der Waals surface area contributed by atoms with Crippen molar-refractivity contribution < 1.29 is 0 Å². The Morgan fingerprint density at radius 3 is 2.62 bits per heavy atom. The molecule has 2 heteroatoms. The summed E-state index contributed by atoms with van der Waals surface area (Å²) in [7, 11) is 0. The summed E-state index contributed by atoms with van der Waals surface area (Å²) in [5, 5.41) is 3.77. The van der Waals surface area contributed by atoms with E-state index < -0.39 is 0 Å². The third-order valence-corrected chi connectivity index (χ3v) is 1.25. The predicted octanol–water partition coefficient (Wildman–Crippen LogP) is 1.30. The van der Waals surface area contributed by atoms with Gasteiger partial charge in [0.15, 0.2) is 0 Å². The van der Waals surface area contributed by atoms with E-state index in [1.165, 1.54) is 0 Å². The van der Waals surface area contributed by atoms with Crippen LogP contribution in [0.1, 0.15) is 20.3 Å². The van der Waals surface area contributed by atoms with E-state index in [0.29, 0.717) is 5.25 Å². The quantitative estimate of drug-likeness (QED) is 0.435. The van der Waals surface area contributed by atoms with E-state index in [0.717, 1.165) is 19.5 Å². The molecule has 0 rings (SSSR count). The molecule has 0 aliphatic heterocycles. The lowest BCUT2D eigenvalue weighted by molar-refractivity contribution is 0.672. The molecule has 0 radical (unpaired) electrons. The SMILES string of the molecule is CCNCCC(C)S. The summed E-state index contributed by atoms with van der Waals surface area (Å²) in [6.45, 7) is 6.39. The molecule has 0 aliphatic rings. The fourth-order valence-electron chi connectivity index (χ4n) is 0.488. The Morgan fingerprint density at radius 2 is 2.25 bits per heavy atom.